The molecule has 24 heavy (non-hydrogen) atoms. The first-order valence-electron chi connectivity index (χ1n) is 8.01. The number of nitrogens with zero attached hydrogens (tertiary/aromatic N) is 4. The van der Waals surface area contributed by atoms with Gasteiger partial charge in [-0.25, -0.2) is 14.8 Å². The van der Waals surface area contributed by atoms with Gasteiger partial charge in [0.25, 0.3) is 0 Å². The fraction of sp³-hybridized carbons (Fsp3) is 0.688. The van der Waals surface area contributed by atoms with E-state index >= 15 is 0 Å². The maximum atomic E-state index is 12.3. The lowest BCUT2D eigenvalue weighted by molar-refractivity contribution is 0.0121. The Kier molecular flexibility index (Phi) is 6.28. The zero-order valence-electron chi connectivity index (χ0n) is 14.6. The summed E-state index contributed by atoms with van der Waals surface area (Å²) in [4.78, 5) is 24.1. The van der Waals surface area contributed by atoms with Crippen molar-refractivity contribution in [2.45, 2.75) is 51.8 Å². The quantitative estimate of drug-likeness (QED) is 0.597. The second kappa shape index (κ2) is 7.85. The highest BCUT2D eigenvalue weighted by molar-refractivity contribution is 6.32. The standard InChI is InChI=1S/C16H24Cl2N4O2/c1-16(2,3)24-15(23)22-7-5-6-12(10-22)21(4)9-11-8-19-14(18)20-13(11)17/h8,12H,5-7,9-10H2,1-4H3. The van der Waals surface area contributed by atoms with Crippen LogP contribution in [0.4, 0.5) is 4.79 Å². The van der Waals surface area contributed by atoms with Gasteiger partial charge in [-0.2, -0.15) is 0 Å². The fourth-order valence-corrected chi connectivity index (χ4v) is 3.04. The average Bonchev–Trinajstić information content (AvgIpc) is 2.48. The van der Waals surface area contributed by atoms with Crippen molar-refractivity contribution < 1.29 is 9.53 Å². The molecule has 0 radical (unpaired) electrons. The molecule has 1 amide bonds. The minimum Gasteiger partial charge on any atom is -0.444 e. The van der Waals surface area contributed by atoms with E-state index in [9.17, 15) is 4.79 Å². The first-order valence-corrected chi connectivity index (χ1v) is 8.76. The molecule has 0 aromatic carbocycles. The Morgan fingerprint density at radius 2 is 2.17 bits per heavy atom. The summed E-state index contributed by atoms with van der Waals surface area (Å²) >= 11 is 11.8. The summed E-state index contributed by atoms with van der Waals surface area (Å²) in [6.07, 6.45) is 3.34. The van der Waals surface area contributed by atoms with Crippen molar-refractivity contribution in [1.82, 2.24) is 19.8 Å². The monoisotopic (exact) mass is 374 g/mol. The van der Waals surface area contributed by atoms with Crippen molar-refractivity contribution in [3.8, 4) is 0 Å². The number of aromatic nitrogens is 2. The molecule has 1 saturated heterocycles. The second-order valence-corrected chi connectivity index (χ2v) is 7.79. The van der Waals surface area contributed by atoms with Crippen LogP contribution in [-0.2, 0) is 11.3 Å². The number of likely N-dealkylation sites (tertiary alicyclic amines) is 1. The van der Waals surface area contributed by atoms with Crippen LogP contribution in [-0.4, -0.2) is 57.6 Å². The first-order chi connectivity index (χ1) is 11.2. The third-order valence-corrected chi connectivity index (χ3v) is 4.38. The van der Waals surface area contributed by atoms with E-state index in [0.717, 1.165) is 24.9 Å². The lowest BCUT2D eigenvalue weighted by Crippen LogP contribution is -2.49. The zero-order valence-corrected chi connectivity index (χ0v) is 16.1. The number of halogens is 2. The van der Waals surface area contributed by atoms with Gasteiger partial charge in [-0.15, -0.1) is 0 Å². The van der Waals surface area contributed by atoms with Gasteiger partial charge in [-0.1, -0.05) is 11.6 Å². The van der Waals surface area contributed by atoms with Crippen LogP contribution in [0.5, 0.6) is 0 Å². The van der Waals surface area contributed by atoms with E-state index in [1.54, 1.807) is 11.1 Å². The molecule has 1 aromatic rings. The van der Waals surface area contributed by atoms with E-state index in [4.69, 9.17) is 27.9 Å². The Morgan fingerprint density at radius 3 is 2.79 bits per heavy atom. The van der Waals surface area contributed by atoms with Gasteiger partial charge in [0.05, 0.1) is 0 Å². The largest absolute Gasteiger partial charge is 0.444 e. The number of carbonyl (C=O) groups excluding carboxylic acids is 1. The van der Waals surface area contributed by atoms with Crippen LogP contribution >= 0.6 is 23.2 Å². The molecule has 0 spiro atoms. The Balaban J connectivity index is 1.97. The molecule has 1 aliphatic rings. The minimum atomic E-state index is -0.482. The normalized spacial score (nSPS) is 18.8. The van der Waals surface area contributed by atoms with Gasteiger partial charge in [0.15, 0.2) is 0 Å². The van der Waals surface area contributed by atoms with Crippen molar-refractivity contribution >= 4 is 29.3 Å². The van der Waals surface area contributed by atoms with E-state index in [2.05, 4.69) is 14.9 Å². The number of amides is 1. The molecule has 2 heterocycles. The van der Waals surface area contributed by atoms with Gasteiger partial charge >= 0.3 is 6.09 Å². The molecule has 1 fully saturated rings. The van der Waals surface area contributed by atoms with Crippen LogP contribution in [0.15, 0.2) is 6.20 Å². The van der Waals surface area contributed by atoms with Gasteiger partial charge in [-0.3, -0.25) is 4.90 Å². The number of rotatable bonds is 3. The fourth-order valence-electron chi connectivity index (χ4n) is 2.68. The first kappa shape index (κ1) is 19.2. The highest BCUT2D eigenvalue weighted by Crippen LogP contribution is 2.21. The molecule has 6 nitrogen and oxygen atoms in total. The molecule has 134 valence electrons. The molecule has 1 aromatic heterocycles. The highest BCUT2D eigenvalue weighted by Gasteiger charge is 2.29. The predicted molar refractivity (Wildman–Crippen MR) is 94.3 cm³/mol. The van der Waals surface area contributed by atoms with Crippen LogP contribution in [0, 0.1) is 0 Å². The number of likely N-dealkylation sites (N-methyl/N-ethyl adjacent to an activating group) is 1. The zero-order chi connectivity index (χ0) is 17.9. The molecule has 0 N–H and O–H groups in total. The summed E-state index contributed by atoms with van der Waals surface area (Å²) in [5.74, 6) is 0. The molecule has 0 saturated carbocycles. The van der Waals surface area contributed by atoms with E-state index in [-0.39, 0.29) is 17.4 Å². The van der Waals surface area contributed by atoms with Crippen LogP contribution in [0.3, 0.4) is 0 Å². The molecule has 2 rings (SSSR count). The maximum Gasteiger partial charge on any atom is 0.410 e. The lowest BCUT2D eigenvalue weighted by atomic mass is 10.0. The third-order valence-electron chi connectivity index (χ3n) is 3.87. The Morgan fingerprint density at radius 1 is 1.46 bits per heavy atom. The predicted octanol–water partition coefficient (Wildman–Crippen LogP) is 3.61. The molecule has 8 heteroatoms. The minimum absolute atomic E-state index is 0.139. The van der Waals surface area contributed by atoms with Gasteiger partial charge < -0.3 is 9.64 Å². The lowest BCUT2D eigenvalue weighted by Gasteiger charge is -2.38. The summed E-state index contributed by atoms with van der Waals surface area (Å²) in [6, 6.07) is 0.234. The van der Waals surface area contributed by atoms with E-state index in [1.165, 1.54) is 0 Å². The van der Waals surface area contributed by atoms with E-state index in [0.29, 0.717) is 18.2 Å². The van der Waals surface area contributed by atoms with Crippen molar-refractivity contribution in [3.63, 3.8) is 0 Å². The van der Waals surface area contributed by atoms with E-state index < -0.39 is 5.60 Å². The molecular formula is C16H24Cl2N4O2. The Hall–Kier alpha value is -1.11. The number of carbonyl (C=O) groups is 1. The number of hydrogen-bond acceptors (Lipinski definition) is 5. The van der Waals surface area contributed by atoms with Gasteiger partial charge in [-0.05, 0) is 52.3 Å². The van der Waals surface area contributed by atoms with Crippen molar-refractivity contribution in [2.75, 3.05) is 20.1 Å². The summed E-state index contributed by atoms with van der Waals surface area (Å²) in [5, 5.41) is 0.502. The number of piperidine rings is 1. The van der Waals surface area contributed by atoms with Crippen LogP contribution < -0.4 is 0 Å². The van der Waals surface area contributed by atoms with Gasteiger partial charge in [0.1, 0.15) is 10.8 Å². The molecule has 1 aliphatic heterocycles. The highest BCUT2D eigenvalue weighted by atomic mass is 35.5. The number of hydrogen-bond donors (Lipinski definition) is 0. The molecular weight excluding hydrogens is 351 g/mol. The van der Waals surface area contributed by atoms with Crippen molar-refractivity contribution in [1.29, 1.82) is 0 Å². The smallest absolute Gasteiger partial charge is 0.410 e. The second-order valence-electron chi connectivity index (χ2n) is 7.09. The Labute approximate surface area is 153 Å². The molecule has 0 aliphatic carbocycles. The average molecular weight is 375 g/mol. The molecule has 0 bridgehead atoms. The topological polar surface area (TPSA) is 58.6 Å². The summed E-state index contributed by atoms with van der Waals surface area (Å²) in [5.41, 5.74) is 0.336. The summed E-state index contributed by atoms with van der Waals surface area (Å²) < 4.78 is 5.47. The van der Waals surface area contributed by atoms with Gasteiger partial charge in [0, 0.05) is 37.4 Å². The van der Waals surface area contributed by atoms with Crippen molar-refractivity contribution in [3.05, 3.63) is 22.2 Å². The van der Waals surface area contributed by atoms with Crippen LogP contribution in [0.25, 0.3) is 0 Å². The SMILES string of the molecule is CN(Cc1cnc(Cl)nc1Cl)C1CCCN(C(=O)OC(C)(C)C)C1. The van der Waals surface area contributed by atoms with Crippen molar-refractivity contribution in [2.24, 2.45) is 0 Å². The number of ether oxygens (including phenoxy) is 1. The van der Waals surface area contributed by atoms with Crippen LogP contribution in [0.1, 0.15) is 39.2 Å². The van der Waals surface area contributed by atoms with Crippen LogP contribution in [0.2, 0.25) is 10.4 Å². The third kappa shape index (κ3) is 5.46. The maximum absolute atomic E-state index is 12.3. The van der Waals surface area contributed by atoms with E-state index in [1.807, 2.05) is 27.8 Å². The Bertz CT molecular complexity index is 592. The summed E-state index contributed by atoms with van der Waals surface area (Å²) in [7, 11) is 2.01. The molecule has 1 unspecified atom stereocenters. The molecule has 1 atom stereocenters. The van der Waals surface area contributed by atoms with Gasteiger partial charge in [0.2, 0.25) is 5.28 Å². The summed E-state index contributed by atoms with van der Waals surface area (Å²) in [6.45, 7) is 7.59.